The normalized spacial score (nSPS) is 10.7. The monoisotopic (exact) mass is 338 g/mol. The standard InChI is InChI=1S/C19H12F2N2O2/c20-19(21)15-6-2-5-14(8-15)18(25)17(24)13-4-1-3-12(7-13)16-9-22-11-23-10-16/h1-11,19H. The molecule has 1 aromatic heterocycles. The zero-order valence-electron chi connectivity index (χ0n) is 12.9. The fraction of sp³-hybridized carbons (Fsp3) is 0.0526. The summed E-state index contributed by atoms with van der Waals surface area (Å²) in [5.41, 5.74) is 1.20. The van der Waals surface area contributed by atoms with Crippen LogP contribution in [0.15, 0.2) is 67.3 Å². The number of hydrogen-bond acceptors (Lipinski definition) is 4. The second kappa shape index (κ2) is 7.09. The first-order valence-electron chi connectivity index (χ1n) is 7.39. The van der Waals surface area contributed by atoms with E-state index in [1.54, 1.807) is 30.6 Å². The summed E-state index contributed by atoms with van der Waals surface area (Å²) in [6.07, 6.45) is 1.86. The lowest BCUT2D eigenvalue weighted by molar-refractivity contribution is 0.0816. The van der Waals surface area contributed by atoms with Crippen LogP contribution in [0.25, 0.3) is 11.1 Å². The molecule has 0 saturated carbocycles. The summed E-state index contributed by atoms with van der Waals surface area (Å²) < 4.78 is 25.5. The molecular formula is C19H12F2N2O2. The Morgan fingerprint density at radius 1 is 0.800 bits per heavy atom. The first-order chi connectivity index (χ1) is 12.1. The summed E-state index contributed by atoms with van der Waals surface area (Å²) in [6.45, 7) is 0. The molecule has 0 aliphatic rings. The average molecular weight is 338 g/mol. The summed E-state index contributed by atoms with van der Waals surface area (Å²) in [7, 11) is 0. The van der Waals surface area contributed by atoms with Crippen LogP contribution in [0, 0.1) is 0 Å². The summed E-state index contributed by atoms with van der Waals surface area (Å²) in [6, 6.07) is 11.4. The minimum Gasteiger partial charge on any atom is -0.285 e. The molecule has 3 aromatic rings. The van der Waals surface area contributed by atoms with Crippen molar-refractivity contribution in [3.8, 4) is 11.1 Å². The third-order valence-corrected chi connectivity index (χ3v) is 3.63. The molecule has 3 rings (SSSR count). The molecule has 0 amide bonds. The highest BCUT2D eigenvalue weighted by Crippen LogP contribution is 2.22. The first kappa shape index (κ1) is 16.6. The van der Waals surface area contributed by atoms with Gasteiger partial charge in [0.25, 0.3) is 6.43 Å². The number of rotatable bonds is 5. The van der Waals surface area contributed by atoms with E-state index in [0.717, 1.165) is 6.07 Å². The van der Waals surface area contributed by atoms with E-state index in [0.29, 0.717) is 11.1 Å². The molecule has 6 heteroatoms. The Hall–Kier alpha value is -3.28. The van der Waals surface area contributed by atoms with E-state index in [1.165, 1.54) is 30.6 Å². The molecule has 0 atom stereocenters. The van der Waals surface area contributed by atoms with Gasteiger partial charge in [-0.25, -0.2) is 18.7 Å². The molecule has 25 heavy (non-hydrogen) atoms. The highest BCUT2D eigenvalue weighted by atomic mass is 19.3. The van der Waals surface area contributed by atoms with Crippen molar-refractivity contribution in [1.29, 1.82) is 0 Å². The lowest BCUT2D eigenvalue weighted by atomic mass is 9.97. The molecule has 1 heterocycles. The van der Waals surface area contributed by atoms with Gasteiger partial charge in [-0.05, 0) is 17.7 Å². The first-order valence-corrected chi connectivity index (χ1v) is 7.39. The number of Topliss-reactive ketones (excluding diaryl/α,β-unsaturated/α-hetero) is 2. The fourth-order valence-corrected chi connectivity index (χ4v) is 2.37. The topological polar surface area (TPSA) is 59.9 Å². The Labute approximate surface area is 142 Å². The van der Waals surface area contributed by atoms with Crippen LogP contribution in [-0.4, -0.2) is 21.5 Å². The van der Waals surface area contributed by atoms with Crippen LogP contribution >= 0.6 is 0 Å². The maximum absolute atomic E-state index is 12.8. The van der Waals surface area contributed by atoms with Gasteiger partial charge in [0.2, 0.25) is 11.6 Å². The zero-order valence-corrected chi connectivity index (χ0v) is 12.9. The third kappa shape index (κ3) is 3.63. The number of nitrogens with zero attached hydrogens (tertiary/aromatic N) is 2. The van der Waals surface area contributed by atoms with Crippen LogP contribution in [0.2, 0.25) is 0 Å². The minimum atomic E-state index is -2.70. The molecule has 4 nitrogen and oxygen atoms in total. The van der Waals surface area contributed by atoms with Crippen LogP contribution in [-0.2, 0) is 0 Å². The number of carbonyl (C=O) groups is 2. The van der Waals surface area contributed by atoms with Gasteiger partial charge < -0.3 is 0 Å². The smallest absolute Gasteiger partial charge is 0.263 e. The van der Waals surface area contributed by atoms with Crippen molar-refractivity contribution in [2.24, 2.45) is 0 Å². The molecule has 124 valence electrons. The number of hydrogen-bond donors (Lipinski definition) is 0. The van der Waals surface area contributed by atoms with Gasteiger partial charge in [-0.2, -0.15) is 0 Å². The van der Waals surface area contributed by atoms with E-state index in [1.807, 2.05) is 0 Å². The Kier molecular flexibility index (Phi) is 4.70. The average Bonchev–Trinajstić information content (AvgIpc) is 2.67. The molecule has 0 spiro atoms. The van der Waals surface area contributed by atoms with E-state index in [9.17, 15) is 18.4 Å². The highest BCUT2D eigenvalue weighted by Gasteiger charge is 2.20. The van der Waals surface area contributed by atoms with Gasteiger partial charge in [0, 0.05) is 34.6 Å². The van der Waals surface area contributed by atoms with Crippen molar-refractivity contribution in [3.05, 3.63) is 83.9 Å². The van der Waals surface area contributed by atoms with E-state index in [4.69, 9.17) is 0 Å². The Bertz CT molecular complexity index is 927. The van der Waals surface area contributed by atoms with Gasteiger partial charge in [-0.3, -0.25) is 9.59 Å². The van der Waals surface area contributed by atoms with Gasteiger partial charge in [0.1, 0.15) is 6.33 Å². The predicted octanol–water partition coefficient (Wildman–Crippen LogP) is 4.15. The summed E-state index contributed by atoms with van der Waals surface area (Å²) in [5.74, 6) is -1.59. The SMILES string of the molecule is O=C(C(=O)c1cccc(C(F)F)c1)c1cccc(-c2cncnc2)c1. The van der Waals surface area contributed by atoms with Crippen molar-refractivity contribution in [2.45, 2.75) is 6.43 Å². The summed E-state index contributed by atoms with van der Waals surface area (Å²) >= 11 is 0. The zero-order chi connectivity index (χ0) is 17.8. The van der Waals surface area contributed by atoms with Crippen LogP contribution in [0.1, 0.15) is 32.7 Å². The Morgan fingerprint density at radius 2 is 1.40 bits per heavy atom. The minimum absolute atomic E-state index is 0.0590. The maximum atomic E-state index is 12.8. The number of aromatic nitrogens is 2. The van der Waals surface area contributed by atoms with Crippen molar-refractivity contribution >= 4 is 11.6 Å². The molecule has 0 bridgehead atoms. The molecule has 2 aromatic carbocycles. The summed E-state index contributed by atoms with van der Waals surface area (Å²) in [4.78, 5) is 32.6. The van der Waals surface area contributed by atoms with Gasteiger partial charge in [-0.1, -0.05) is 36.4 Å². The number of carbonyl (C=O) groups excluding carboxylic acids is 2. The lowest BCUT2D eigenvalue weighted by Gasteiger charge is -2.06. The number of ketones is 2. The molecular weight excluding hydrogens is 326 g/mol. The number of benzene rings is 2. The van der Waals surface area contributed by atoms with E-state index >= 15 is 0 Å². The largest absolute Gasteiger partial charge is 0.285 e. The van der Waals surface area contributed by atoms with Gasteiger partial charge in [0.15, 0.2) is 0 Å². The van der Waals surface area contributed by atoms with Crippen LogP contribution < -0.4 is 0 Å². The summed E-state index contributed by atoms with van der Waals surface area (Å²) in [5, 5.41) is 0. The molecule has 0 saturated heterocycles. The lowest BCUT2D eigenvalue weighted by Crippen LogP contribution is -2.14. The Morgan fingerprint density at radius 3 is 2.04 bits per heavy atom. The van der Waals surface area contributed by atoms with Crippen LogP contribution in [0.5, 0.6) is 0 Å². The van der Waals surface area contributed by atoms with E-state index < -0.39 is 18.0 Å². The van der Waals surface area contributed by atoms with Gasteiger partial charge in [-0.15, -0.1) is 0 Å². The van der Waals surface area contributed by atoms with E-state index in [-0.39, 0.29) is 16.7 Å². The molecule has 0 fully saturated rings. The predicted molar refractivity (Wildman–Crippen MR) is 87.5 cm³/mol. The quantitative estimate of drug-likeness (QED) is 0.518. The van der Waals surface area contributed by atoms with Gasteiger partial charge >= 0.3 is 0 Å². The third-order valence-electron chi connectivity index (χ3n) is 3.63. The molecule has 0 N–H and O–H groups in total. The van der Waals surface area contributed by atoms with Crippen molar-refractivity contribution in [1.82, 2.24) is 9.97 Å². The highest BCUT2D eigenvalue weighted by molar-refractivity contribution is 6.49. The number of alkyl halides is 2. The molecule has 0 radical (unpaired) electrons. The second-order valence-electron chi connectivity index (χ2n) is 5.29. The van der Waals surface area contributed by atoms with Gasteiger partial charge in [0.05, 0.1) is 0 Å². The Balaban J connectivity index is 1.91. The molecule has 0 aliphatic heterocycles. The van der Waals surface area contributed by atoms with Crippen molar-refractivity contribution in [2.75, 3.05) is 0 Å². The molecule has 0 aliphatic carbocycles. The fourth-order valence-electron chi connectivity index (χ4n) is 2.37. The van der Waals surface area contributed by atoms with Crippen molar-refractivity contribution < 1.29 is 18.4 Å². The second-order valence-corrected chi connectivity index (χ2v) is 5.29. The van der Waals surface area contributed by atoms with E-state index in [2.05, 4.69) is 9.97 Å². The maximum Gasteiger partial charge on any atom is 0.263 e. The van der Waals surface area contributed by atoms with Crippen LogP contribution in [0.4, 0.5) is 8.78 Å². The number of halogens is 2. The molecule has 0 unspecified atom stereocenters. The van der Waals surface area contributed by atoms with Crippen molar-refractivity contribution in [3.63, 3.8) is 0 Å². The van der Waals surface area contributed by atoms with Crippen LogP contribution in [0.3, 0.4) is 0 Å².